The number of rotatable bonds is 6. The lowest BCUT2D eigenvalue weighted by molar-refractivity contribution is -0.145. The van der Waals surface area contributed by atoms with Crippen molar-refractivity contribution in [1.29, 1.82) is 0 Å². The minimum atomic E-state index is -1.70. The van der Waals surface area contributed by atoms with E-state index in [0.29, 0.717) is 0 Å². The first kappa shape index (κ1) is 18.7. The second-order valence-electron chi connectivity index (χ2n) is 4.93. The van der Waals surface area contributed by atoms with Gasteiger partial charge in [0.15, 0.2) is 5.96 Å². The lowest BCUT2D eigenvalue weighted by Gasteiger charge is -2.38. The molecule has 1 rings (SSSR count). The van der Waals surface area contributed by atoms with Gasteiger partial charge in [0.1, 0.15) is 18.3 Å². The minimum absolute atomic E-state index is 0.371. The zero-order valence-electron chi connectivity index (χ0n) is 12.3. The highest BCUT2D eigenvalue weighted by molar-refractivity contribution is 5.85. The summed E-state index contributed by atoms with van der Waals surface area (Å²) in [5.74, 6) is -2.89. The van der Waals surface area contributed by atoms with Gasteiger partial charge in [-0.3, -0.25) is 4.79 Å². The van der Waals surface area contributed by atoms with Crippen LogP contribution in [0.5, 0.6) is 0 Å². The Morgan fingerprint density at radius 1 is 1.43 bits per heavy atom. The average Bonchev–Trinajstić information content (AvgIpc) is 2.45. The number of hydrogen-bond donors (Lipinski definition) is 7. The van der Waals surface area contributed by atoms with Crippen molar-refractivity contribution in [2.45, 2.75) is 37.3 Å². The number of aliphatic hydroxyl groups excluding tert-OH is 3. The number of carbonyl (C=O) groups is 2. The number of nitrogens with two attached hydrogens (primary N) is 2. The Morgan fingerprint density at radius 2 is 2.04 bits per heavy atom. The van der Waals surface area contributed by atoms with Crippen LogP contribution in [0.3, 0.4) is 0 Å². The Hall–Kier alpha value is -2.37. The molecule has 0 aromatic rings. The van der Waals surface area contributed by atoms with Crippen molar-refractivity contribution >= 4 is 17.8 Å². The molecule has 0 aromatic carbocycles. The molecule has 1 aliphatic heterocycles. The predicted molar refractivity (Wildman–Crippen MR) is 76.9 cm³/mol. The van der Waals surface area contributed by atoms with Gasteiger partial charge in [-0.05, 0) is 6.08 Å². The standard InChI is InChI=1S/C12H20N4O7/c1-4(18)15-8-5(16-12(13)14)2-7(11(21)22)23-10(8)9(20)6(19)3-17/h2,5-6,8-10,17,19-20H,3H2,1H3,(H,15,18)(H,21,22)(H4,13,14,16)/t5-,6-,8-,9+,10-/m0/s1. The molecule has 0 fully saturated rings. The van der Waals surface area contributed by atoms with E-state index in [9.17, 15) is 19.8 Å². The molecule has 0 bridgehead atoms. The zero-order valence-corrected chi connectivity index (χ0v) is 12.3. The van der Waals surface area contributed by atoms with Gasteiger partial charge in [-0.1, -0.05) is 0 Å². The second kappa shape index (κ2) is 7.76. The number of aliphatic hydroxyl groups is 3. The van der Waals surface area contributed by atoms with Gasteiger partial charge in [-0.15, -0.1) is 0 Å². The SMILES string of the molecule is CC(=O)N[C@@H]1[C@@H]([C@H](O)[C@@H](O)CO)OC(C(=O)O)=C[C@@H]1N=C(N)N. The first-order valence-corrected chi connectivity index (χ1v) is 6.62. The number of nitrogens with one attached hydrogen (secondary N) is 1. The van der Waals surface area contributed by atoms with Crippen LogP contribution in [0, 0.1) is 0 Å². The average molecular weight is 332 g/mol. The molecule has 0 saturated heterocycles. The number of carbonyl (C=O) groups excluding carboxylic acids is 1. The topological polar surface area (TPSA) is 201 Å². The molecule has 1 aliphatic rings. The molecule has 1 amide bonds. The Balaban J connectivity index is 3.28. The van der Waals surface area contributed by atoms with E-state index in [-0.39, 0.29) is 5.96 Å². The van der Waals surface area contributed by atoms with Gasteiger partial charge in [-0.25, -0.2) is 9.79 Å². The quantitative estimate of drug-likeness (QED) is 0.188. The van der Waals surface area contributed by atoms with Crippen LogP contribution in [0.1, 0.15) is 6.92 Å². The molecule has 0 radical (unpaired) electrons. The van der Waals surface area contributed by atoms with Gasteiger partial charge in [-0.2, -0.15) is 0 Å². The maximum Gasteiger partial charge on any atom is 0.370 e. The number of aliphatic carboxylic acids is 1. The van der Waals surface area contributed by atoms with Crippen LogP contribution >= 0.6 is 0 Å². The van der Waals surface area contributed by atoms with Crippen molar-refractivity contribution in [3.05, 3.63) is 11.8 Å². The molecule has 9 N–H and O–H groups in total. The second-order valence-corrected chi connectivity index (χ2v) is 4.93. The summed E-state index contributed by atoms with van der Waals surface area (Å²) >= 11 is 0. The molecule has 0 aromatic heterocycles. The minimum Gasteiger partial charge on any atom is -0.478 e. The fraction of sp³-hybridized carbons (Fsp3) is 0.583. The van der Waals surface area contributed by atoms with Gasteiger partial charge in [0.25, 0.3) is 0 Å². The first-order chi connectivity index (χ1) is 10.7. The first-order valence-electron chi connectivity index (χ1n) is 6.62. The van der Waals surface area contributed by atoms with Crippen molar-refractivity contribution in [2.24, 2.45) is 16.5 Å². The van der Waals surface area contributed by atoms with Crippen molar-refractivity contribution in [1.82, 2.24) is 5.32 Å². The predicted octanol–water partition coefficient (Wildman–Crippen LogP) is -3.79. The molecule has 0 unspecified atom stereocenters. The number of nitrogens with zero attached hydrogens (tertiary/aromatic N) is 1. The molecule has 1 heterocycles. The van der Waals surface area contributed by atoms with E-state index < -0.39 is 54.6 Å². The fourth-order valence-electron chi connectivity index (χ4n) is 2.14. The lowest BCUT2D eigenvalue weighted by Crippen LogP contribution is -2.59. The lowest BCUT2D eigenvalue weighted by atomic mass is 9.92. The van der Waals surface area contributed by atoms with E-state index in [1.807, 2.05) is 0 Å². The Bertz CT molecular complexity index is 518. The van der Waals surface area contributed by atoms with Crippen LogP contribution in [0.25, 0.3) is 0 Å². The maximum atomic E-state index is 11.4. The molecule has 0 saturated carbocycles. The highest BCUT2D eigenvalue weighted by Gasteiger charge is 2.43. The van der Waals surface area contributed by atoms with Gasteiger partial charge in [0.2, 0.25) is 11.7 Å². The number of hydrogen-bond acceptors (Lipinski definition) is 7. The summed E-state index contributed by atoms with van der Waals surface area (Å²) in [7, 11) is 0. The molecule has 23 heavy (non-hydrogen) atoms. The van der Waals surface area contributed by atoms with E-state index in [4.69, 9.17) is 26.4 Å². The molecule has 0 aliphatic carbocycles. The van der Waals surface area contributed by atoms with E-state index >= 15 is 0 Å². The normalized spacial score (nSPS) is 26.3. The zero-order chi connectivity index (χ0) is 17.7. The summed E-state index contributed by atoms with van der Waals surface area (Å²) in [6.07, 6.45) is -3.65. The van der Waals surface area contributed by atoms with E-state index in [0.717, 1.165) is 6.08 Å². The van der Waals surface area contributed by atoms with Crippen LogP contribution in [0.4, 0.5) is 0 Å². The van der Waals surface area contributed by atoms with Crippen LogP contribution in [-0.2, 0) is 14.3 Å². The number of guanidine groups is 1. The summed E-state index contributed by atoms with van der Waals surface area (Å²) in [6.45, 7) is 0.391. The van der Waals surface area contributed by atoms with E-state index in [1.165, 1.54) is 6.92 Å². The van der Waals surface area contributed by atoms with Crippen LogP contribution < -0.4 is 16.8 Å². The highest BCUT2D eigenvalue weighted by atomic mass is 16.5. The van der Waals surface area contributed by atoms with E-state index in [2.05, 4.69) is 10.3 Å². The number of ether oxygens (including phenoxy) is 1. The van der Waals surface area contributed by atoms with Crippen LogP contribution in [0.15, 0.2) is 16.8 Å². The maximum absolute atomic E-state index is 11.4. The molecule has 5 atom stereocenters. The molecule has 0 spiro atoms. The summed E-state index contributed by atoms with van der Waals surface area (Å²) in [6, 6.07) is -2.11. The summed E-state index contributed by atoms with van der Waals surface area (Å²) in [5.41, 5.74) is 10.6. The molecule has 11 nitrogen and oxygen atoms in total. The fourth-order valence-corrected chi connectivity index (χ4v) is 2.14. The third kappa shape index (κ3) is 4.81. The molecular weight excluding hydrogens is 312 g/mol. The highest BCUT2D eigenvalue weighted by Crippen LogP contribution is 2.24. The summed E-state index contributed by atoms with van der Waals surface area (Å²) < 4.78 is 5.13. The van der Waals surface area contributed by atoms with Crippen molar-refractivity contribution < 1.29 is 34.8 Å². The number of carboxylic acid groups (broad SMARTS) is 1. The van der Waals surface area contributed by atoms with Crippen molar-refractivity contribution in [3.63, 3.8) is 0 Å². The molecular formula is C12H20N4O7. The Morgan fingerprint density at radius 3 is 2.48 bits per heavy atom. The Kier molecular flexibility index (Phi) is 6.30. The van der Waals surface area contributed by atoms with Gasteiger partial charge in [0.05, 0.1) is 18.7 Å². The molecule has 130 valence electrons. The summed E-state index contributed by atoms with van der Waals surface area (Å²) in [5, 5.41) is 40.1. The van der Waals surface area contributed by atoms with Crippen molar-refractivity contribution in [2.75, 3.05) is 6.61 Å². The van der Waals surface area contributed by atoms with Gasteiger partial charge in [0, 0.05) is 6.92 Å². The monoisotopic (exact) mass is 332 g/mol. The molecule has 11 heteroatoms. The number of carboxylic acids is 1. The van der Waals surface area contributed by atoms with Crippen molar-refractivity contribution in [3.8, 4) is 0 Å². The third-order valence-electron chi connectivity index (χ3n) is 3.10. The van der Waals surface area contributed by atoms with E-state index in [1.54, 1.807) is 0 Å². The van der Waals surface area contributed by atoms with Crippen LogP contribution in [0.2, 0.25) is 0 Å². The number of amides is 1. The van der Waals surface area contributed by atoms with Gasteiger partial charge < -0.3 is 41.9 Å². The summed E-state index contributed by atoms with van der Waals surface area (Å²) in [4.78, 5) is 26.3. The Labute approximate surface area is 131 Å². The smallest absolute Gasteiger partial charge is 0.370 e. The third-order valence-corrected chi connectivity index (χ3v) is 3.10. The van der Waals surface area contributed by atoms with Crippen LogP contribution in [-0.4, -0.2) is 75.3 Å². The largest absolute Gasteiger partial charge is 0.478 e. The number of aliphatic imine (C=N–C) groups is 1. The van der Waals surface area contributed by atoms with Gasteiger partial charge >= 0.3 is 5.97 Å².